The Kier molecular flexibility index (Phi) is 7.14. The monoisotopic (exact) mass is 396 g/mol. The molecule has 1 aromatic heterocycles. The molecule has 5 nitrogen and oxygen atoms in total. The first-order valence-corrected chi connectivity index (χ1v) is 10.3. The average Bonchev–Trinajstić information content (AvgIpc) is 3.11. The van der Waals surface area contributed by atoms with Gasteiger partial charge >= 0.3 is 5.97 Å². The quantitative estimate of drug-likeness (QED) is 0.426. The normalized spacial score (nSPS) is 10.8. The van der Waals surface area contributed by atoms with E-state index in [1.54, 1.807) is 11.8 Å². The predicted molar refractivity (Wildman–Crippen MR) is 112 cm³/mol. The molecule has 0 atom stereocenters. The minimum atomic E-state index is -0.355. The lowest BCUT2D eigenvalue weighted by Crippen LogP contribution is -2.30. The summed E-state index contributed by atoms with van der Waals surface area (Å²) in [4.78, 5) is 28.0. The van der Waals surface area contributed by atoms with Gasteiger partial charge in [-0.2, -0.15) is 0 Å². The number of fused-ring (bicyclic) bond motifs is 1. The van der Waals surface area contributed by atoms with Crippen LogP contribution in [0.1, 0.15) is 17.5 Å². The molecule has 3 rings (SSSR count). The van der Waals surface area contributed by atoms with Crippen molar-refractivity contribution in [2.24, 2.45) is 0 Å². The number of carbonyl (C=O) groups excluding carboxylic acids is 2. The maximum atomic E-state index is 11.9. The van der Waals surface area contributed by atoms with Gasteiger partial charge in [0.2, 0.25) is 0 Å². The van der Waals surface area contributed by atoms with Gasteiger partial charge in [-0.25, -0.2) is 0 Å². The van der Waals surface area contributed by atoms with Gasteiger partial charge in [0, 0.05) is 34.3 Å². The molecule has 1 amide bonds. The highest BCUT2D eigenvalue weighted by molar-refractivity contribution is 7.99. The van der Waals surface area contributed by atoms with Crippen molar-refractivity contribution in [2.75, 3.05) is 18.9 Å². The second-order valence-electron chi connectivity index (χ2n) is 6.53. The van der Waals surface area contributed by atoms with Crippen molar-refractivity contribution in [1.29, 1.82) is 0 Å². The fraction of sp³-hybridized carbons (Fsp3) is 0.273. The summed E-state index contributed by atoms with van der Waals surface area (Å²) >= 11 is 1.60. The zero-order valence-corrected chi connectivity index (χ0v) is 16.7. The number of para-hydroxylation sites is 1. The number of aryl methyl sites for hydroxylation is 1. The SMILES string of the molecule is Cc1ccc(SCCC(=O)OCC(=O)NCCc2c[nH]c3ccccc23)cc1. The minimum Gasteiger partial charge on any atom is -0.456 e. The highest BCUT2D eigenvalue weighted by atomic mass is 32.2. The Balaban J connectivity index is 1.30. The second-order valence-corrected chi connectivity index (χ2v) is 7.70. The first kappa shape index (κ1) is 20.0. The van der Waals surface area contributed by atoms with Gasteiger partial charge in [0.05, 0.1) is 6.42 Å². The Labute approximate surface area is 168 Å². The smallest absolute Gasteiger partial charge is 0.307 e. The third kappa shape index (κ3) is 5.89. The van der Waals surface area contributed by atoms with Crippen LogP contribution in [0, 0.1) is 6.92 Å². The van der Waals surface area contributed by atoms with E-state index in [1.807, 2.05) is 55.6 Å². The number of H-pyrrole nitrogens is 1. The van der Waals surface area contributed by atoms with Crippen LogP contribution in [-0.4, -0.2) is 35.8 Å². The van der Waals surface area contributed by atoms with Crippen molar-refractivity contribution in [3.63, 3.8) is 0 Å². The Hall–Kier alpha value is -2.73. The maximum Gasteiger partial charge on any atom is 0.307 e. The molecule has 0 aliphatic rings. The third-order valence-corrected chi connectivity index (χ3v) is 5.37. The van der Waals surface area contributed by atoms with Crippen molar-refractivity contribution in [3.8, 4) is 0 Å². The summed E-state index contributed by atoms with van der Waals surface area (Å²) in [6, 6.07) is 16.2. The number of aromatic amines is 1. The minimum absolute atomic E-state index is 0.234. The number of carbonyl (C=O) groups is 2. The van der Waals surface area contributed by atoms with E-state index in [1.165, 1.54) is 5.56 Å². The number of amides is 1. The van der Waals surface area contributed by atoms with Crippen LogP contribution in [0.15, 0.2) is 59.6 Å². The number of hydrogen-bond donors (Lipinski definition) is 2. The van der Waals surface area contributed by atoms with Crippen LogP contribution >= 0.6 is 11.8 Å². The lowest BCUT2D eigenvalue weighted by molar-refractivity contribution is -0.148. The van der Waals surface area contributed by atoms with Crippen molar-refractivity contribution in [1.82, 2.24) is 10.3 Å². The second kappa shape index (κ2) is 9.99. The van der Waals surface area contributed by atoms with Gasteiger partial charge in [-0.05, 0) is 37.1 Å². The predicted octanol–water partition coefficient (Wildman–Crippen LogP) is 3.86. The number of aromatic nitrogens is 1. The fourth-order valence-electron chi connectivity index (χ4n) is 2.83. The number of ether oxygens (including phenoxy) is 1. The summed E-state index contributed by atoms with van der Waals surface area (Å²) in [5.74, 6) is -0.00450. The van der Waals surface area contributed by atoms with E-state index >= 15 is 0 Å². The first-order chi connectivity index (χ1) is 13.6. The Morgan fingerprint density at radius 1 is 1.11 bits per heavy atom. The van der Waals surface area contributed by atoms with Gasteiger partial charge in [-0.3, -0.25) is 9.59 Å². The van der Waals surface area contributed by atoms with Crippen LogP contribution < -0.4 is 5.32 Å². The third-order valence-electron chi connectivity index (χ3n) is 4.35. The van der Waals surface area contributed by atoms with Crippen molar-refractivity contribution in [2.45, 2.75) is 24.7 Å². The van der Waals surface area contributed by atoms with E-state index in [2.05, 4.69) is 16.4 Å². The van der Waals surface area contributed by atoms with E-state index < -0.39 is 0 Å². The van der Waals surface area contributed by atoms with Gasteiger partial charge in [-0.15, -0.1) is 11.8 Å². The maximum absolute atomic E-state index is 11.9. The topological polar surface area (TPSA) is 71.2 Å². The molecule has 6 heteroatoms. The molecular weight excluding hydrogens is 372 g/mol. The molecule has 0 bridgehead atoms. The van der Waals surface area contributed by atoms with Crippen molar-refractivity contribution in [3.05, 3.63) is 65.9 Å². The first-order valence-electron chi connectivity index (χ1n) is 9.28. The molecule has 0 saturated heterocycles. The number of hydrogen-bond acceptors (Lipinski definition) is 4. The number of nitrogens with one attached hydrogen (secondary N) is 2. The number of rotatable bonds is 9. The number of thioether (sulfide) groups is 1. The molecule has 0 saturated carbocycles. The summed E-state index contributed by atoms with van der Waals surface area (Å²) < 4.78 is 5.05. The van der Waals surface area contributed by atoms with Crippen LogP contribution in [0.4, 0.5) is 0 Å². The fourth-order valence-corrected chi connectivity index (χ4v) is 3.66. The molecular formula is C22H24N2O3S. The lowest BCUT2D eigenvalue weighted by atomic mass is 10.1. The Bertz CT molecular complexity index is 934. The van der Waals surface area contributed by atoms with Crippen molar-refractivity contribution >= 4 is 34.5 Å². The molecule has 28 heavy (non-hydrogen) atoms. The van der Waals surface area contributed by atoms with E-state index in [0.29, 0.717) is 12.3 Å². The molecule has 0 radical (unpaired) electrons. The molecule has 0 unspecified atom stereocenters. The van der Waals surface area contributed by atoms with Crippen LogP contribution in [0.2, 0.25) is 0 Å². The molecule has 0 aliphatic heterocycles. The molecule has 2 N–H and O–H groups in total. The van der Waals surface area contributed by atoms with Gasteiger partial charge in [0.25, 0.3) is 5.91 Å². The zero-order chi connectivity index (χ0) is 19.8. The molecule has 0 fully saturated rings. The number of esters is 1. The Morgan fingerprint density at radius 3 is 2.71 bits per heavy atom. The van der Waals surface area contributed by atoms with Gasteiger partial charge in [0.1, 0.15) is 0 Å². The van der Waals surface area contributed by atoms with Crippen molar-refractivity contribution < 1.29 is 14.3 Å². The van der Waals surface area contributed by atoms with Crippen LogP contribution in [0.25, 0.3) is 10.9 Å². The van der Waals surface area contributed by atoms with Crippen LogP contribution in [-0.2, 0) is 20.7 Å². The lowest BCUT2D eigenvalue weighted by Gasteiger charge is -2.07. The van der Waals surface area contributed by atoms with Gasteiger partial charge in [-0.1, -0.05) is 35.9 Å². The van der Waals surface area contributed by atoms with E-state index in [4.69, 9.17) is 4.74 Å². The molecule has 146 valence electrons. The largest absolute Gasteiger partial charge is 0.456 e. The molecule has 0 spiro atoms. The van der Waals surface area contributed by atoms with E-state index in [-0.39, 0.29) is 24.9 Å². The molecule has 0 aliphatic carbocycles. The molecule has 1 heterocycles. The summed E-state index contributed by atoms with van der Waals surface area (Å²) in [6.07, 6.45) is 2.96. The van der Waals surface area contributed by atoms with E-state index in [0.717, 1.165) is 27.8 Å². The standard InChI is InChI=1S/C22H24N2O3S/c1-16-6-8-18(9-7-16)28-13-11-22(26)27-15-21(25)23-12-10-17-14-24-20-5-3-2-4-19(17)20/h2-9,14,24H,10-13,15H2,1H3,(H,23,25). The highest BCUT2D eigenvalue weighted by Gasteiger charge is 2.08. The average molecular weight is 397 g/mol. The summed E-state index contributed by atoms with van der Waals surface area (Å²) in [6.45, 7) is 2.31. The van der Waals surface area contributed by atoms with E-state index in [9.17, 15) is 9.59 Å². The highest BCUT2D eigenvalue weighted by Crippen LogP contribution is 2.19. The summed E-state index contributed by atoms with van der Waals surface area (Å²) in [7, 11) is 0. The molecule has 2 aromatic carbocycles. The molecule has 3 aromatic rings. The Morgan fingerprint density at radius 2 is 1.89 bits per heavy atom. The summed E-state index contributed by atoms with van der Waals surface area (Å²) in [5, 5.41) is 3.95. The van der Waals surface area contributed by atoms with Gasteiger partial charge in [0.15, 0.2) is 6.61 Å². The van der Waals surface area contributed by atoms with Crippen LogP contribution in [0.3, 0.4) is 0 Å². The van der Waals surface area contributed by atoms with Gasteiger partial charge < -0.3 is 15.0 Å². The zero-order valence-electron chi connectivity index (χ0n) is 15.9. The number of benzene rings is 2. The van der Waals surface area contributed by atoms with Crippen LogP contribution in [0.5, 0.6) is 0 Å². The summed E-state index contributed by atoms with van der Waals surface area (Å²) in [5.41, 5.74) is 3.45.